The Kier molecular flexibility index (Phi) is 16.8. The van der Waals surface area contributed by atoms with E-state index in [1.165, 1.54) is 0 Å². The van der Waals surface area contributed by atoms with Gasteiger partial charge in [0, 0.05) is 6.42 Å². The van der Waals surface area contributed by atoms with Crippen LogP contribution in [0.25, 0.3) is 0 Å². The lowest BCUT2D eigenvalue weighted by molar-refractivity contribution is -0.142. The second-order valence-electron chi connectivity index (χ2n) is 5.05. The fraction of sp³-hybridized carbons (Fsp3) is 0.476. The molecule has 0 aromatic heterocycles. The molecule has 0 amide bonds. The summed E-state index contributed by atoms with van der Waals surface area (Å²) in [5, 5.41) is 0. The van der Waals surface area contributed by atoms with Gasteiger partial charge in [-0.05, 0) is 45.4 Å². The van der Waals surface area contributed by atoms with Crippen LogP contribution < -0.4 is 0 Å². The molecular formula is C21H32O2. The first-order valence-electron chi connectivity index (χ1n) is 8.71. The van der Waals surface area contributed by atoms with Crippen molar-refractivity contribution in [2.45, 2.75) is 58.8 Å². The van der Waals surface area contributed by atoms with Crippen molar-refractivity contribution in [2.75, 3.05) is 6.61 Å². The first-order chi connectivity index (χ1) is 11.3. The van der Waals surface area contributed by atoms with Gasteiger partial charge in [-0.25, -0.2) is 0 Å². The minimum atomic E-state index is -0.117. The zero-order chi connectivity index (χ0) is 17.0. The molecular weight excluding hydrogens is 284 g/mol. The van der Waals surface area contributed by atoms with Crippen molar-refractivity contribution in [3.63, 3.8) is 0 Å². The zero-order valence-corrected chi connectivity index (χ0v) is 14.7. The van der Waals surface area contributed by atoms with Gasteiger partial charge < -0.3 is 4.74 Å². The lowest BCUT2D eigenvalue weighted by Crippen LogP contribution is -2.02. The smallest absolute Gasteiger partial charge is 0.306 e. The molecule has 0 fully saturated rings. The van der Waals surface area contributed by atoms with Crippen LogP contribution >= 0.6 is 0 Å². The van der Waals surface area contributed by atoms with Crippen LogP contribution in [0.4, 0.5) is 0 Å². The topological polar surface area (TPSA) is 26.3 Å². The van der Waals surface area contributed by atoms with Crippen LogP contribution in [-0.2, 0) is 9.53 Å². The highest BCUT2D eigenvalue weighted by molar-refractivity contribution is 5.69. The Morgan fingerprint density at radius 3 is 1.57 bits per heavy atom. The SMILES string of the molecule is CCC=CCC=CCC=CCC=CCC=CCCC(=O)OCC. The number of allylic oxidation sites excluding steroid dienone is 10. The molecule has 0 N–H and O–H groups in total. The highest BCUT2D eigenvalue weighted by Crippen LogP contribution is 1.98. The molecule has 0 aliphatic rings. The highest BCUT2D eigenvalue weighted by atomic mass is 16.5. The average Bonchev–Trinajstić information content (AvgIpc) is 2.54. The predicted octanol–water partition coefficient (Wildman–Crippen LogP) is 6.08. The Balaban J connectivity index is 3.51. The van der Waals surface area contributed by atoms with Crippen LogP contribution in [0.1, 0.15) is 58.8 Å². The van der Waals surface area contributed by atoms with Crippen LogP contribution in [0, 0.1) is 0 Å². The summed E-state index contributed by atoms with van der Waals surface area (Å²) in [6.07, 6.45) is 27.9. The second kappa shape index (κ2) is 18.2. The summed E-state index contributed by atoms with van der Waals surface area (Å²) in [5.74, 6) is -0.117. The largest absolute Gasteiger partial charge is 0.466 e. The summed E-state index contributed by atoms with van der Waals surface area (Å²) in [6, 6.07) is 0. The molecule has 0 unspecified atom stereocenters. The van der Waals surface area contributed by atoms with E-state index in [4.69, 9.17) is 4.74 Å². The number of carbonyl (C=O) groups is 1. The van der Waals surface area contributed by atoms with Gasteiger partial charge in [0.15, 0.2) is 0 Å². The number of ether oxygens (including phenoxy) is 1. The molecule has 0 aromatic rings. The monoisotopic (exact) mass is 316 g/mol. The summed E-state index contributed by atoms with van der Waals surface area (Å²) in [6.45, 7) is 4.44. The van der Waals surface area contributed by atoms with Gasteiger partial charge in [-0.2, -0.15) is 0 Å². The molecule has 2 nitrogen and oxygen atoms in total. The number of esters is 1. The molecule has 0 rings (SSSR count). The third kappa shape index (κ3) is 18.1. The lowest BCUT2D eigenvalue weighted by Gasteiger charge is -1.97. The Morgan fingerprint density at radius 1 is 0.696 bits per heavy atom. The summed E-state index contributed by atoms with van der Waals surface area (Å²) in [7, 11) is 0. The van der Waals surface area contributed by atoms with Crippen molar-refractivity contribution >= 4 is 5.97 Å². The van der Waals surface area contributed by atoms with E-state index >= 15 is 0 Å². The molecule has 0 spiro atoms. The van der Waals surface area contributed by atoms with Gasteiger partial charge in [0.1, 0.15) is 0 Å². The van der Waals surface area contributed by atoms with E-state index in [1.807, 2.05) is 13.0 Å². The van der Waals surface area contributed by atoms with Gasteiger partial charge in [-0.15, -0.1) is 0 Å². The molecule has 0 atom stereocenters. The minimum absolute atomic E-state index is 0.117. The van der Waals surface area contributed by atoms with E-state index in [9.17, 15) is 4.79 Å². The van der Waals surface area contributed by atoms with Crippen LogP contribution in [-0.4, -0.2) is 12.6 Å². The van der Waals surface area contributed by atoms with Gasteiger partial charge in [0.05, 0.1) is 6.61 Å². The normalized spacial score (nSPS) is 12.6. The third-order valence-corrected chi connectivity index (χ3v) is 2.98. The Labute approximate surface area is 142 Å². The summed E-state index contributed by atoms with van der Waals surface area (Å²) < 4.78 is 4.86. The molecule has 0 saturated carbocycles. The number of carbonyl (C=O) groups excluding carboxylic acids is 1. The molecule has 0 aromatic carbocycles. The van der Waals surface area contributed by atoms with E-state index in [0.717, 1.165) is 38.5 Å². The maximum absolute atomic E-state index is 11.1. The summed E-state index contributed by atoms with van der Waals surface area (Å²) in [4.78, 5) is 11.1. The van der Waals surface area contributed by atoms with Crippen LogP contribution in [0.3, 0.4) is 0 Å². The second-order valence-corrected chi connectivity index (χ2v) is 5.05. The lowest BCUT2D eigenvalue weighted by atomic mass is 10.2. The predicted molar refractivity (Wildman–Crippen MR) is 100 cm³/mol. The Hall–Kier alpha value is -1.83. The fourth-order valence-electron chi connectivity index (χ4n) is 1.80. The molecule has 0 bridgehead atoms. The molecule has 0 aliphatic heterocycles. The molecule has 0 aliphatic carbocycles. The van der Waals surface area contributed by atoms with Gasteiger partial charge in [-0.1, -0.05) is 67.7 Å². The highest BCUT2D eigenvalue weighted by Gasteiger charge is 1.97. The van der Waals surface area contributed by atoms with E-state index in [2.05, 4.69) is 61.6 Å². The van der Waals surface area contributed by atoms with Gasteiger partial charge >= 0.3 is 5.97 Å². The van der Waals surface area contributed by atoms with Gasteiger partial charge in [0.2, 0.25) is 0 Å². The molecule has 2 heteroatoms. The molecule has 0 heterocycles. The zero-order valence-electron chi connectivity index (χ0n) is 14.7. The van der Waals surface area contributed by atoms with E-state index in [1.54, 1.807) is 0 Å². The van der Waals surface area contributed by atoms with Crippen molar-refractivity contribution in [3.8, 4) is 0 Å². The Bertz CT molecular complexity index is 412. The maximum atomic E-state index is 11.1. The van der Waals surface area contributed by atoms with E-state index in [-0.39, 0.29) is 5.97 Å². The first-order valence-corrected chi connectivity index (χ1v) is 8.71. The quantitative estimate of drug-likeness (QED) is 0.304. The third-order valence-electron chi connectivity index (χ3n) is 2.98. The van der Waals surface area contributed by atoms with Crippen LogP contribution in [0.15, 0.2) is 60.8 Å². The summed E-state index contributed by atoms with van der Waals surface area (Å²) in [5.41, 5.74) is 0. The fourth-order valence-corrected chi connectivity index (χ4v) is 1.80. The maximum Gasteiger partial charge on any atom is 0.306 e. The van der Waals surface area contributed by atoms with Gasteiger partial charge in [-0.3, -0.25) is 4.79 Å². The molecule has 0 radical (unpaired) electrons. The van der Waals surface area contributed by atoms with Crippen molar-refractivity contribution in [1.29, 1.82) is 0 Å². The average molecular weight is 316 g/mol. The Morgan fingerprint density at radius 2 is 1.13 bits per heavy atom. The molecule has 0 saturated heterocycles. The van der Waals surface area contributed by atoms with Crippen molar-refractivity contribution in [3.05, 3.63) is 60.8 Å². The molecule has 23 heavy (non-hydrogen) atoms. The van der Waals surface area contributed by atoms with E-state index in [0.29, 0.717) is 13.0 Å². The summed E-state index contributed by atoms with van der Waals surface area (Å²) >= 11 is 0. The first kappa shape index (κ1) is 21.2. The standard InChI is InChI=1S/C21H32O2/c1-3-5-6-7-8-9-10-11-12-13-14-15-16-17-18-19-20-21(22)23-4-2/h5-6,8-9,11-12,14-15,17-18H,3-4,7,10,13,16,19-20H2,1-2H3. The number of hydrogen-bond donors (Lipinski definition) is 0. The number of rotatable bonds is 13. The van der Waals surface area contributed by atoms with Crippen molar-refractivity contribution < 1.29 is 9.53 Å². The van der Waals surface area contributed by atoms with Crippen LogP contribution in [0.2, 0.25) is 0 Å². The van der Waals surface area contributed by atoms with Gasteiger partial charge in [0.25, 0.3) is 0 Å². The minimum Gasteiger partial charge on any atom is -0.466 e. The van der Waals surface area contributed by atoms with E-state index < -0.39 is 0 Å². The van der Waals surface area contributed by atoms with Crippen molar-refractivity contribution in [1.82, 2.24) is 0 Å². The van der Waals surface area contributed by atoms with Crippen LogP contribution in [0.5, 0.6) is 0 Å². The number of hydrogen-bond acceptors (Lipinski definition) is 2. The van der Waals surface area contributed by atoms with Crippen molar-refractivity contribution in [2.24, 2.45) is 0 Å². The molecule has 128 valence electrons.